The Kier molecular flexibility index (Phi) is 1.45. The molecule has 0 saturated carbocycles. The lowest BCUT2D eigenvalue weighted by molar-refractivity contribution is -0.147. The van der Waals surface area contributed by atoms with Crippen molar-refractivity contribution in [2.24, 2.45) is 0 Å². The van der Waals surface area contributed by atoms with E-state index in [4.69, 9.17) is 4.74 Å². The molecule has 3 heteroatoms. The van der Waals surface area contributed by atoms with Crippen LogP contribution in [-0.4, -0.2) is 25.3 Å². The zero-order valence-electron chi connectivity index (χ0n) is 5.64. The van der Waals surface area contributed by atoms with Crippen LogP contribution in [0.2, 0.25) is 0 Å². The number of esters is 1. The highest BCUT2D eigenvalue weighted by Gasteiger charge is 2.51. The topological polar surface area (TPSA) is 38.8 Å². The van der Waals surface area contributed by atoms with Crippen molar-refractivity contribution < 1.29 is 14.3 Å². The molecule has 9 heavy (non-hydrogen) atoms. The first kappa shape index (κ1) is 6.55. The number of hydrogen-bond donors (Lipinski definition) is 0. The molecule has 1 heterocycles. The lowest BCUT2D eigenvalue weighted by Gasteiger charge is -2.03. The number of epoxide rings is 1. The zero-order valence-corrected chi connectivity index (χ0v) is 5.64. The molecule has 0 aromatic heterocycles. The third-order valence-corrected chi connectivity index (χ3v) is 1.62. The fourth-order valence-electron chi connectivity index (χ4n) is 0.739. The molecule has 1 saturated heterocycles. The fraction of sp³-hybridized carbons (Fsp3) is 0.833. The molecule has 0 aliphatic carbocycles. The van der Waals surface area contributed by atoms with Gasteiger partial charge in [0, 0.05) is 0 Å². The van der Waals surface area contributed by atoms with E-state index in [1.165, 1.54) is 7.11 Å². The highest BCUT2D eigenvalue weighted by atomic mass is 16.6. The van der Waals surface area contributed by atoms with Crippen molar-refractivity contribution in [1.82, 2.24) is 0 Å². The van der Waals surface area contributed by atoms with Crippen LogP contribution < -0.4 is 0 Å². The van der Waals surface area contributed by atoms with Crippen molar-refractivity contribution in [3.8, 4) is 0 Å². The first-order valence-electron chi connectivity index (χ1n) is 2.97. The van der Waals surface area contributed by atoms with E-state index in [1.807, 2.05) is 6.92 Å². The summed E-state index contributed by atoms with van der Waals surface area (Å²) < 4.78 is 9.43. The molecule has 0 N–H and O–H groups in total. The molecule has 1 fully saturated rings. The Morgan fingerprint density at radius 2 is 2.44 bits per heavy atom. The third-order valence-electron chi connectivity index (χ3n) is 1.62. The molecule has 0 aromatic rings. The minimum Gasteiger partial charge on any atom is -0.467 e. The van der Waals surface area contributed by atoms with Gasteiger partial charge in [-0.05, 0) is 6.42 Å². The maximum absolute atomic E-state index is 10.8. The second kappa shape index (κ2) is 1.99. The Labute approximate surface area is 53.9 Å². The summed E-state index contributed by atoms with van der Waals surface area (Å²) in [5.41, 5.74) is -0.561. The Bertz CT molecular complexity index is 126. The van der Waals surface area contributed by atoms with Crippen molar-refractivity contribution in [3.63, 3.8) is 0 Å². The van der Waals surface area contributed by atoms with Gasteiger partial charge in [-0.15, -0.1) is 0 Å². The zero-order chi connectivity index (χ0) is 6.91. The maximum atomic E-state index is 10.8. The number of carbonyl (C=O) groups excluding carboxylic acids is 1. The van der Waals surface area contributed by atoms with Gasteiger partial charge in [-0.25, -0.2) is 4.79 Å². The van der Waals surface area contributed by atoms with Crippen LogP contribution in [-0.2, 0) is 14.3 Å². The van der Waals surface area contributed by atoms with Crippen LogP contribution in [0.5, 0.6) is 0 Å². The summed E-state index contributed by atoms with van der Waals surface area (Å²) in [5, 5.41) is 0. The summed E-state index contributed by atoms with van der Waals surface area (Å²) in [6.45, 7) is 2.43. The molecule has 0 aromatic carbocycles. The van der Waals surface area contributed by atoms with Gasteiger partial charge >= 0.3 is 5.97 Å². The van der Waals surface area contributed by atoms with E-state index in [0.717, 1.165) is 0 Å². The fourth-order valence-corrected chi connectivity index (χ4v) is 0.739. The van der Waals surface area contributed by atoms with Gasteiger partial charge in [0.2, 0.25) is 0 Å². The van der Waals surface area contributed by atoms with Crippen LogP contribution in [0.3, 0.4) is 0 Å². The smallest absolute Gasteiger partial charge is 0.340 e. The summed E-state index contributed by atoms with van der Waals surface area (Å²) in [4.78, 5) is 10.8. The number of methoxy groups -OCH3 is 1. The molecule has 1 aliphatic heterocycles. The molecule has 52 valence electrons. The second-order valence-corrected chi connectivity index (χ2v) is 2.13. The van der Waals surface area contributed by atoms with E-state index >= 15 is 0 Å². The Morgan fingerprint density at radius 1 is 1.89 bits per heavy atom. The van der Waals surface area contributed by atoms with Crippen LogP contribution in [0.25, 0.3) is 0 Å². The molecular formula is C6H10O3. The molecule has 0 amide bonds. The minimum absolute atomic E-state index is 0.245. The predicted molar refractivity (Wildman–Crippen MR) is 31.0 cm³/mol. The normalized spacial score (nSPS) is 31.8. The molecule has 0 radical (unpaired) electrons. The third kappa shape index (κ3) is 0.920. The van der Waals surface area contributed by atoms with Gasteiger partial charge in [0.1, 0.15) is 0 Å². The van der Waals surface area contributed by atoms with Crippen LogP contribution >= 0.6 is 0 Å². The average molecular weight is 130 g/mol. The molecule has 1 atom stereocenters. The summed E-state index contributed by atoms with van der Waals surface area (Å²) >= 11 is 0. The largest absolute Gasteiger partial charge is 0.467 e. The van der Waals surface area contributed by atoms with E-state index in [-0.39, 0.29) is 5.97 Å². The number of carbonyl (C=O) groups is 1. The number of hydrogen-bond acceptors (Lipinski definition) is 3. The Hall–Kier alpha value is -0.570. The molecule has 3 nitrogen and oxygen atoms in total. The molecule has 1 unspecified atom stereocenters. The Morgan fingerprint density at radius 3 is 2.56 bits per heavy atom. The van der Waals surface area contributed by atoms with Crippen molar-refractivity contribution >= 4 is 5.97 Å². The van der Waals surface area contributed by atoms with Crippen LogP contribution in [0, 0.1) is 0 Å². The predicted octanol–water partition coefficient (Wildman–Crippen LogP) is 0.338. The van der Waals surface area contributed by atoms with E-state index in [9.17, 15) is 4.79 Å². The van der Waals surface area contributed by atoms with Gasteiger partial charge in [0.15, 0.2) is 5.60 Å². The van der Waals surface area contributed by atoms with Crippen LogP contribution in [0.15, 0.2) is 0 Å². The highest BCUT2D eigenvalue weighted by Crippen LogP contribution is 2.31. The standard InChI is InChI=1S/C6H10O3/c1-3-6(4-9-6)5(7)8-2/h3-4H2,1-2H3. The van der Waals surface area contributed by atoms with Gasteiger partial charge in [-0.3, -0.25) is 0 Å². The molecular weight excluding hydrogens is 120 g/mol. The Balaban J connectivity index is 2.49. The first-order valence-corrected chi connectivity index (χ1v) is 2.97. The SMILES string of the molecule is CCC1(C(=O)OC)CO1. The average Bonchev–Trinajstić information content (AvgIpc) is 2.66. The molecule has 1 aliphatic rings. The lowest BCUT2D eigenvalue weighted by atomic mass is 10.1. The van der Waals surface area contributed by atoms with Crippen molar-refractivity contribution in [1.29, 1.82) is 0 Å². The summed E-state index contributed by atoms with van der Waals surface area (Å²) in [7, 11) is 1.38. The van der Waals surface area contributed by atoms with Gasteiger partial charge < -0.3 is 9.47 Å². The van der Waals surface area contributed by atoms with Crippen molar-refractivity contribution in [2.75, 3.05) is 13.7 Å². The van der Waals surface area contributed by atoms with Crippen molar-refractivity contribution in [2.45, 2.75) is 18.9 Å². The van der Waals surface area contributed by atoms with Gasteiger partial charge in [-0.2, -0.15) is 0 Å². The minimum atomic E-state index is -0.561. The quantitative estimate of drug-likeness (QED) is 0.399. The van der Waals surface area contributed by atoms with Gasteiger partial charge in [0.25, 0.3) is 0 Å². The monoisotopic (exact) mass is 130 g/mol. The first-order chi connectivity index (χ1) is 4.25. The number of rotatable bonds is 2. The van der Waals surface area contributed by atoms with E-state index in [0.29, 0.717) is 13.0 Å². The highest BCUT2D eigenvalue weighted by molar-refractivity contribution is 5.82. The maximum Gasteiger partial charge on any atom is 0.340 e. The summed E-state index contributed by atoms with van der Waals surface area (Å²) in [6.07, 6.45) is 0.708. The lowest BCUT2D eigenvalue weighted by Crippen LogP contribution is -2.24. The second-order valence-electron chi connectivity index (χ2n) is 2.13. The van der Waals surface area contributed by atoms with Crippen LogP contribution in [0.4, 0.5) is 0 Å². The van der Waals surface area contributed by atoms with E-state index < -0.39 is 5.60 Å². The molecule has 0 spiro atoms. The van der Waals surface area contributed by atoms with Gasteiger partial charge in [-0.1, -0.05) is 6.92 Å². The summed E-state index contributed by atoms with van der Waals surface area (Å²) in [5.74, 6) is -0.245. The molecule has 0 bridgehead atoms. The number of ether oxygens (including phenoxy) is 2. The van der Waals surface area contributed by atoms with Crippen molar-refractivity contribution in [3.05, 3.63) is 0 Å². The summed E-state index contributed by atoms with van der Waals surface area (Å²) in [6, 6.07) is 0. The van der Waals surface area contributed by atoms with E-state index in [2.05, 4.69) is 4.74 Å². The molecule has 1 rings (SSSR count). The van der Waals surface area contributed by atoms with Gasteiger partial charge in [0.05, 0.1) is 13.7 Å². The van der Waals surface area contributed by atoms with E-state index in [1.54, 1.807) is 0 Å². The van der Waals surface area contributed by atoms with Crippen LogP contribution in [0.1, 0.15) is 13.3 Å².